The van der Waals surface area contributed by atoms with Crippen LogP contribution in [0, 0.1) is 0 Å². The molecule has 0 aromatic rings. The van der Waals surface area contributed by atoms with Crippen molar-refractivity contribution in [1.82, 2.24) is 0 Å². The summed E-state index contributed by atoms with van der Waals surface area (Å²) in [4.78, 5) is 20.9. The molecule has 5 nitrogen and oxygen atoms in total. The Morgan fingerprint density at radius 1 is 1.31 bits per heavy atom. The molecule has 2 atom stereocenters. The van der Waals surface area contributed by atoms with Crippen molar-refractivity contribution < 1.29 is 14.7 Å². The summed E-state index contributed by atoms with van der Waals surface area (Å²) in [5.74, 6) is -0.451. The number of thioether (sulfide) groups is 1. The van der Waals surface area contributed by atoms with E-state index in [0.717, 1.165) is 0 Å². The molecule has 0 rings (SSSR count). The van der Waals surface area contributed by atoms with E-state index in [9.17, 15) is 9.59 Å². The van der Waals surface area contributed by atoms with Gasteiger partial charge in [-0.05, 0) is 6.92 Å². The van der Waals surface area contributed by atoms with Gasteiger partial charge in [-0.1, -0.05) is 0 Å². The van der Waals surface area contributed by atoms with Gasteiger partial charge in [-0.2, -0.15) is 11.8 Å². The smallest absolute Gasteiger partial charge is 0.321 e. The number of ketones is 1. The standard InChI is InChI=1S/C7H14N2O3S/c1-4(10)5(8)2-13-3-6(9)7(11)12/h5-6H,2-3,8-9H2,1H3,(H,11,12)/t5-,6+/m0/s1. The molecule has 0 saturated heterocycles. The van der Waals surface area contributed by atoms with Crippen LogP contribution in [0.4, 0.5) is 0 Å². The summed E-state index contributed by atoms with van der Waals surface area (Å²) in [6.07, 6.45) is 0. The largest absolute Gasteiger partial charge is 0.480 e. The third-order valence-electron chi connectivity index (χ3n) is 1.43. The number of carboxylic acid groups (broad SMARTS) is 1. The minimum absolute atomic E-state index is 0.101. The second kappa shape index (κ2) is 5.95. The van der Waals surface area contributed by atoms with E-state index >= 15 is 0 Å². The molecule has 0 amide bonds. The summed E-state index contributed by atoms with van der Waals surface area (Å²) in [5, 5.41) is 8.42. The molecule has 0 aliphatic heterocycles. The predicted molar refractivity (Wildman–Crippen MR) is 51.6 cm³/mol. The monoisotopic (exact) mass is 206 g/mol. The van der Waals surface area contributed by atoms with Crippen molar-refractivity contribution in [2.45, 2.75) is 19.0 Å². The van der Waals surface area contributed by atoms with Crippen molar-refractivity contribution in [3.05, 3.63) is 0 Å². The highest BCUT2D eigenvalue weighted by molar-refractivity contribution is 7.99. The van der Waals surface area contributed by atoms with Gasteiger partial charge in [0.15, 0.2) is 0 Å². The predicted octanol–water partition coefficient (Wildman–Crippen LogP) is -0.952. The van der Waals surface area contributed by atoms with Gasteiger partial charge >= 0.3 is 5.97 Å². The maximum atomic E-state index is 10.7. The van der Waals surface area contributed by atoms with Crippen LogP contribution >= 0.6 is 11.8 Å². The van der Waals surface area contributed by atoms with Gasteiger partial charge < -0.3 is 16.6 Å². The molecule has 0 aromatic carbocycles. The van der Waals surface area contributed by atoms with Crippen molar-refractivity contribution in [3.63, 3.8) is 0 Å². The number of rotatable bonds is 6. The molecular weight excluding hydrogens is 192 g/mol. The van der Waals surface area contributed by atoms with E-state index in [1.807, 2.05) is 0 Å². The molecule has 0 aliphatic rings. The Kier molecular flexibility index (Phi) is 5.68. The molecule has 0 fully saturated rings. The fraction of sp³-hybridized carbons (Fsp3) is 0.714. The van der Waals surface area contributed by atoms with Crippen LogP contribution in [-0.4, -0.2) is 40.4 Å². The first-order chi connectivity index (χ1) is 5.95. The van der Waals surface area contributed by atoms with Crippen LogP contribution in [0.1, 0.15) is 6.92 Å². The van der Waals surface area contributed by atoms with Gasteiger partial charge in [-0.3, -0.25) is 9.59 Å². The van der Waals surface area contributed by atoms with E-state index in [0.29, 0.717) is 5.75 Å². The average molecular weight is 206 g/mol. The van der Waals surface area contributed by atoms with Crippen LogP contribution in [0.3, 0.4) is 0 Å². The number of nitrogens with two attached hydrogens (primary N) is 2. The molecular formula is C7H14N2O3S. The van der Waals surface area contributed by atoms with Crippen molar-refractivity contribution >= 4 is 23.5 Å². The third-order valence-corrected chi connectivity index (χ3v) is 2.62. The quantitative estimate of drug-likeness (QED) is 0.517. The zero-order valence-corrected chi connectivity index (χ0v) is 8.21. The molecule has 13 heavy (non-hydrogen) atoms. The van der Waals surface area contributed by atoms with Crippen LogP contribution in [0.15, 0.2) is 0 Å². The normalized spacial score (nSPS) is 15.0. The maximum Gasteiger partial charge on any atom is 0.321 e. The number of carbonyl (C=O) groups is 2. The Morgan fingerprint density at radius 3 is 2.15 bits per heavy atom. The first-order valence-corrected chi connectivity index (χ1v) is 4.92. The first-order valence-electron chi connectivity index (χ1n) is 3.77. The topological polar surface area (TPSA) is 106 Å². The molecule has 0 radical (unpaired) electrons. The van der Waals surface area contributed by atoms with Crippen molar-refractivity contribution in [3.8, 4) is 0 Å². The molecule has 76 valence electrons. The fourth-order valence-corrected chi connectivity index (χ4v) is 1.53. The number of carbonyl (C=O) groups excluding carboxylic acids is 1. The highest BCUT2D eigenvalue weighted by Crippen LogP contribution is 2.03. The summed E-state index contributed by atoms with van der Waals surface area (Å²) in [5.41, 5.74) is 10.7. The fourth-order valence-electron chi connectivity index (χ4n) is 0.511. The summed E-state index contributed by atoms with van der Waals surface area (Å²) in [6, 6.07) is -1.41. The highest BCUT2D eigenvalue weighted by atomic mass is 32.2. The summed E-state index contributed by atoms with van der Waals surface area (Å²) >= 11 is 1.27. The van der Waals surface area contributed by atoms with Crippen LogP contribution in [-0.2, 0) is 9.59 Å². The van der Waals surface area contributed by atoms with Crippen molar-refractivity contribution in [2.24, 2.45) is 11.5 Å². The van der Waals surface area contributed by atoms with Gasteiger partial charge in [0, 0.05) is 11.5 Å². The minimum Gasteiger partial charge on any atom is -0.480 e. The summed E-state index contributed by atoms with van der Waals surface area (Å²) in [6.45, 7) is 1.41. The van der Waals surface area contributed by atoms with Gasteiger partial charge in [0.25, 0.3) is 0 Å². The summed E-state index contributed by atoms with van der Waals surface area (Å²) < 4.78 is 0. The van der Waals surface area contributed by atoms with Crippen LogP contribution < -0.4 is 11.5 Å². The Hall–Kier alpha value is -0.590. The van der Waals surface area contributed by atoms with Crippen LogP contribution in [0.25, 0.3) is 0 Å². The lowest BCUT2D eigenvalue weighted by Gasteiger charge is -2.08. The Bertz CT molecular complexity index is 178. The molecule has 0 aliphatic carbocycles. The first kappa shape index (κ1) is 12.4. The third kappa shape index (κ3) is 5.62. The van der Waals surface area contributed by atoms with Gasteiger partial charge in [-0.15, -0.1) is 0 Å². The second-order valence-corrected chi connectivity index (χ2v) is 3.77. The van der Waals surface area contributed by atoms with Crippen molar-refractivity contribution in [2.75, 3.05) is 11.5 Å². The van der Waals surface area contributed by atoms with Gasteiger partial charge in [0.1, 0.15) is 11.8 Å². The molecule has 0 unspecified atom stereocenters. The van der Waals surface area contributed by atoms with Crippen molar-refractivity contribution in [1.29, 1.82) is 0 Å². The van der Waals surface area contributed by atoms with Gasteiger partial charge in [-0.25, -0.2) is 0 Å². The molecule has 5 N–H and O–H groups in total. The number of hydrogen-bond acceptors (Lipinski definition) is 5. The molecule has 0 heterocycles. The molecule has 0 saturated carbocycles. The zero-order valence-electron chi connectivity index (χ0n) is 7.40. The maximum absolute atomic E-state index is 10.7. The van der Waals surface area contributed by atoms with E-state index in [2.05, 4.69) is 0 Å². The van der Waals surface area contributed by atoms with Crippen LogP contribution in [0.5, 0.6) is 0 Å². The highest BCUT2D eigenvalue weighted by Gasteiger charge is 2.13. The van der Waals surface area contributed by atoms with E-state index in [1.54, 1.807) is 0 Å². The SMILES string of the molecule is CC(=O)[C@@H](N)CSC[C@@H](N)C(=O)O. The Morgan fingerprint density at radius 2 is 1.77 bits per heavy atom. The van der Waals surface area contributed by atoms with E-state index < -0.39 is 18.1 Å². The number of carboxylic acids is 1. The molecule has 0 aromatic heterocycles. The van der Waals surface area contributed by atoms with Crippen LogP contribution in [0.2, 0.25) is 0 Å². The molecule has 0 bridgehead atoms. The lowest BCUT2D eigenvalue weighted by molar-refractivity contribution is -0.137. The number of hydrogen-bond donors (Lipinski definition) is 3. The van der Waals surface area contributed by atoms with Gasteiger partial charge in [0.2, 0.25) is 0 Å². The Balaban J connectivity index is 3.56. The van der Waals surface area contributed by atoms with E-state index in [-0.39, 0.29) is 11.5 Å². The second-order valence-electron chi connectivity index (χ2n) is 2.70. The minimum atomic E-state index is -1.04. The molecule has 6 heteroatoms. The number of aliphatic carboxylic acids is 1. The molecule has 0 spiro atoms. The average Bonchev–Trinajstić information content (AvgIpc) is 2.03. The Labute approximate surface area is 80.8 Å². The number of Topliss-reactive ketones (excluding diaryl/α,β-unsaturated/α-hetero) is 1. The zero-order chi connectivity index (χ0) is 10.4. The van der Waals surface area contributed by atoms with E-state index in [4.69, 9.17) is 16.6 Å². The van der Waals surface area contributed by atoms with Gasteiger partial charge in [0.05, 0.1) is 6.04 Å². The lowest BCUT2D eigenvalue weighted by atomic mass is 10.3. The lowest BCUT2D eigenvalue weighted by Crippen LogP contribution is -2.35. The van der Waals surface area contributed by atoms with E-state index in [1.165, 1.54) is 18.7 Å². The summed E-state index contributed by atoms with van der Waals surface area (Å²) in [7, 11) is 0.